The molecule has 0 aliphatic carbocycles. The second-order valence-corrected chi connectivity index (χ2v) is 5.94. The summed E-state index contributed by atoms with van der Waals surface area (Å²) in [6.45, 7) is 5.91. The average Bonchev–Trinajstić information content (AvgIpc) is 2.42. The number of hydrogen-bond acceptors (Lipinski definition) is 3. The number of amides is 1. The van der Waals surface area contributed by atoms with Gasteiger partial charge in [0.1, 0.15) is 0 Å². The molecule has 0 aliphatic heterocycles. The maximum atomic E-state index is 12.6. The van der Waals surface area contributed by atoms with Crippen LogP contribution >= 0.6 is 12.2 Å². The number of thiocarbonyl (C=S) groups is 1. The van der Waals surface area contributed by atoms with Crippen LogP contribution in [0.3, 0.4) is 0 Å². The summed E-state index contributed by atoms with van der Waals surface area (Å²) in [6, 6.07) is 5.85. The van der Waals surface area contributed by atoms with Gasteiger partial charge >= 0.3 is 0 Å². The Labute approximate surface area is 132 Å². The monoisotopic (exact) mass is 307 g/mol. The highest BCUT2D eigenvalue weighted by atomic mass is 32.1. The second kappa shape index (κ2) is 6.89. The van der Waals surface area contributed by atoms with Gasteiger partial charge in [-0.15, -0.1) is 0 Å². The van der Waals surface area contributed by atoms with Gasteiger partial charge in [0.2, 0.25) is 5.91 Å². The minimum absolute atomic E-state index is 0.131. The fourth-order valence-corrected chi connectivity index (χ4v) is 2.83. The van der Waals surface area contributed by atoms with Crippen LogP contribution in [0, 0.1) is 12.3 Å². The Kier molecular flexibility index (Phi) is 5.72. The zero-order chi connectivity index (χ0) is 16.2. The van der Waals surface area contributed by atoms with E-state index in [2.05, 4.69) is 5.32 Å². The molecule has 116 valence electrons. The van der Waals surface area contributed by atoms with E-state index in [0.29, 0.717) is 12.8 Å². The lowest BCUT2D eigenvalue weighted by Gasteiger charge is -2.29. The first-order chi connectivity index (χ1) is 9.78. The van der Waals surface area contributed by atoms with Crippen molar-refractivity contribution in [3.8, 4) is 0 Å². The van der Waals surface area contributed by atoms with Crippen LogP contribution in [0.1, 0.15) is 32.3 Å². The molecular weight excluding hydrogens is 282 g/mol. The van der Waals surface area contributed by atoms with Crippen molar-refractivity contribution in [2.24, 2.45) is 11.1 Å². The van der Waals surface area contributed by atoms with Crippen LogP contribution in [0.15, 0.2) is 18.2 Å². The summed E-state index contributed by atoms with van der Waals surface area (Å²) in [5.74, 6) is -0.131. The van der Waals surface area contributed by atoms with Crippen LogP contribution in [-0.4, -0.2) is 25.0 Å². The Balaban J connectivity index is 3.08. The van der Waals surface area contributed by atoms with E-state index in [1.54, 1.807) is 0 Å². The SMILES string of the molecule is CCC(CC)(C(=O)Nc1ccc(C)c(N(C)C)c1)C(N)=S. The van der Waals surface area contributed by atoms with Gasteiger partial charge in [0.05, 0.1) is 10.4 Å². The van der Waals surface area contributed by atoms with Crippen molar-refractivity contribution in [2.75, 3.05) is 24.3 Å². The highest BCUT2D eigenvalue weighted by molar-refractivity contribution is 7.80. The van der Waals surface area contributed by atoms with Crippen LogP contribution in [0.5, 0.6) is 0 Å². The van der Waals surface area contributed by atoms with Gasteiger partial charge in [0, 0.05) is 25.5 Å². The van der Waals surface area contributed by atoms with Gasteiger partial charge < -0.3 is 16.0 Å². The van der Waals surface area contributed by atoms with Gasteiger partial charge in [-0.25, -0.2) is 0 Å². The summed E-state index contributed by atoms with van der Waals surface area (Å²) in [7, 11) is 3.96. The number of anilines is 2. The predicted octanol–water partition coefficient (Wildman–Crippen LogP) is 3.09. The Hall–Kier alpha value is -1.62. The third kappa shape index (κ3) is 3.53. The topological polar surface area (TPSA) is 58.4 Å². The quantitative estimate of drug-likeness (QED) is 0.793. The smallest absolute Gasteiger partial charge is 0.237 e. The number of carbonyl (C=O) groups excluding carboxylic acids is 1. The average molecular weight is 307 g/mol. The van der Waals surface area contributed by atoms with E-state index >= 15 is 0 Å². The molecule has 5 heteroatoms. The Bertz CT molecular complexity index is 536. The first kappa shape index (κ1) is 17.4. The predicted molar refractivity (Wildman–Crippen MR) is 93.9 cm³/mol. The molecule has 0 saturated carbocycles. The van der Waals surface area contributed by atoms with Crippen molar-refractivity contribution in [1.29, 1.82) is 0 Å². The summed E-state index contributed by atoms with van der Waals surface area (Å²) >= 11 is 5.12. The number of nitrogens with two attached hydrogens (primary N) is 1. The number of hydrogen-bond donors (Lipinski definition) is 2. The third-order valence-electron chi connectivity index (χ3n) is 4.06. The molecule has 0 atom stereocenters. The van der Waals surface area contributed by atoms with Crippen LogP contribution in [0.25, 0.3) is 0 Å². The highest BCUT2D eigenvalue weighted by Gasteiger charge is 2.38. The molecule has 4 nitrogen and oxygen atoms in total. The standard InChI is InChI=1S/C16H25N3OS/c1-6-16(7-2,14(17)21)15(20)18-12-9-8-11(3)13(10-12)19(4)5/h8-10H,6-7H2,1-5H3,(H2,17,21)(H,18,20). The first-order valence-corrected chi connectivity index (χ1v) is 7.58. The van der Waals surface area contributed by atoms with Crippen molar-refractivity contribution in [3.05, 3.63) is 23.8 Å². The van der Waals surface area contributed by atoms with Crippen LogP contribution in [-0.2, 0) is 4.79 Å². The molecule has 1 amide bonds. The van der Waals surface area contributed by atoms with Gasteiger partial charge in [-0.1, -0.05) is 32.1 Å². The molecule has 21 heavy (non-hydrogen) atoms. The fourth-order valence-electron chi connectivity index (χ4n) is 2.45. The van der Waals surface area contributed by atoms with E-state index in [0.717, 1.165) is 16.9 Å². The van der Waals surface area contributed by atoms with Gasteiger partial charge in [-0.2, -0.15) is 0 Å². The molecule has 0 heterocycles. The van der Waals surface area contributed by atoms with Crippen LogP contribution < -0.4 is 16.0 Å². The van der Waals surface area contributed by atoms with E-state index in [1.165, 1.54) is 0 Å². The maximum absolute atomic E-state index is 12.6. The molecule has 3 N–H and O–H groups in total. The zero-order valence-electron chi connectivity index (χ0n) is 13.5. The summed E-state index contributed by atoms with van der Waals surface area (Å²) in [5, 5.41) is 2.96. The lowest BCUT2D eigenvalue weighted by atomic mass is 9.81. The lowest BCUT2D eigenvalue weighted by Crippen LogP contribution is -2.45. The third-order valence-corrected chi connectivity index (χ3v) is 4.45. The molecule has 0 unspecified atom stereocenters. The minimum atomic E-state index is -0.779. The van der Waals surface area contributed by atoms with E-state index in [4.69, 9.17) is 18.0 Å². The van der Waals surface area contributed by atoms with E-state index < -0.39 is 5.41 Å². The molecule has 0 radical (unpaired) electrons. The van der Waals surface area contributed by atoms with Crippen molar-refractivity contribution < 1.29 is 4.79 Å². The van der Waals surface area contributed by atoms with Crippen LogP contribution in [0.2, 0.25) is 0 Å². The fraction of sp³-hybridized carbons (Fsp3) is 0.500. The molecular formula is C16H25N3OS. The normalized spacial score (nSPS) is 11.1. The largest absolute Gasteiger partial charge is 0.392 e. The molecule has 0 aromatic heterocycles. The molecule has 1 aromatic rings. The molecule has 1 aromatic carbocycles. The first-order valence-electron chi connectivity index (χ1n) is 7.17. The van der Waals surface area contributed by atoms with Crippen molar-refractivity contribution >= 4 is 34.5 Å². The minimum Gasteiger partial charge on any atom is -0.392 e. The zero-order valence-corrected chi connectivity index (χ0v) is 14.3. The molecule has 0 bridgehead atoms. The number of nitrogens with zero attached hydrogens (tertiary/aromatic N) is 1. The van der Waals surface area contributed by atoms with Crippen LogP contribution in [0.4, 0.5) is 11.4 Å². The second-order valence-electron chi connectivity index (χ2n) is 5.50. The highest BCUT2D eigenvalue weighted by Crippen LogP contribution is 2.30. The number of nitrogens with one attached hydrogen (secondary N) is 1. The molecule has 0 spiro atoms. The number of rotatable bonds is 6. The summed E-state index contributed by atoms with van der Waals surface area (Å²) in [5.41, 5.74) is 8.02. The summed E-state index contributed by atoms with van der Waals surface area (Å²) in [6.07, 6.45) is 1.19. The van der Waals surface area contributed by atoms with Crippen molar-refractivity contribution in [2.45, 2.75) is 33.6 Å². The Morgan fingerprint density at radius 1 is 1.33 bits per heavy atom. The summed E-state index contributed by atoms with van der Waals surface area (Å²) in [4.78, 5) is 14.9. The van der Waals surface area contributed by atoms with Gasteiger partial charge in [0.25, 0.3) is 0 Å². The van der Waals surface area contributed by atoms with Gasteiger partial charge in [0.15, 0.2) is 0 Å². The van der Waals surface area contributed by atoms with E-state index in [-0.39, 0.29) is 10.9 Å². The molecule has 0 saturated heterocycles. The summed E-state index contributed by atoms with van der Waals surface area (Å²) < 4.78 is 0. The van der Waals surface area contributed by atoms with Gasteiger partial charge in [-0.3, -0.25) is 4.79 Å². The van der Waals surface area contributed by atoms with E-state index in [1.807, 2.05) is 58.0 Å². The molecule has 0 fully saturated rings. The number of carbonyl (C=O) groups is 1. The Morgan fingerprint density at radius 2 is 1.90 bits per heavy atom. The maximum Gasteiger partial charge on any atom is 0.237 e. The van der Waals surface area contributed by atoms with Gasteiger partial charge in [-0.05, 0) is 37.5 Å². The van der Waals surface area contributed by atoms with Crippen molar-refractivity contribution in [1.82, 2.24) is 0 Å². The Morgan fingerprint density at radius 3 is 2.33 bits per heavy atom. The molecule has 1 rings (SSSR count). The van der Waals surface area contributed by atoms with Crippen molar-refractivity contribution in [3.63, 3.8) is 0 Å². The lowest BCUT2D eigenvalue weighted by molar-refractivity contribution is -0.122. The number of benzene rings is 1. The molecule has 0 aliphatic rings. The van der Waals surface area contributed by atoms with E-state index in [9.17, 15) is 4.79 Å². The number of aryl methyl sites for hydroxylation is 1.